The van der Waals surface area contributed by atoms with Crippen LogP contribution in [0, 0.1) is 5.92 Å². The zero-order valence-electron chi connectivity index (χ0n) is 7.55. The molecule has 1 unspecified atom stereocenters. The van der Waals surface area contributed by atoms with Gasteiger partial charge < -0.3 is 10.4 Å². The van der Waals surface area contributed by atoms with Crippen LogP contribution in [-0.2, 0) is 4.79 Å². The molecule has 3 heteroatoms. The summed E-state index contributed by atoms with van der Waals surface area (Å²) >= 11 is 0. The summed E-state index contributed by atoms with van der Waals surface area (Å²) in [6.45, 7) is 2.31. The van der Waals surface area contributed by atoms with Gasteiger partial charge >= 0.3 is 0 Å². The number of carbonyl (C=O) groups excluding carboxylic acids is 1. The minimum Gasteiger partial charge on any atom is -0.391 e. The molecule has 12 heavy (non-hydrogen) atoms. The predicted octanol–water partition coefficient (Wildman–Crippen LogP) is 0.674. The Bertz CT molecular complexity index is 155. The number of hydrogen-bond acceptors (Lipinski definition) is 2. The molecule has 0 saturated heterocycles. The first-order valence-electron chi connectivity index (χ1n) is 4.67. The van der Waals surface area contributed by atoms with E-state index in [0.717, 1.165) is 0 Å². The topological polar surface area (TPSA) is 49.3 Å². The number of amides is 1. The Morgan fingerprint density at radius 2 is 2.33 bits per heavy atom. The number of carbonyl (C=O) groups is 1. The van der Waals surface area contributed by atoms with Crippen molar-refractivity contribution in [2.45, 2.75) is 38.7 Å². The molecule has 0 aromatic carbocycles. The molecular formula is C9H17NO2. The van der Waals surface area contributed by atoms with Crippen molar-refractivity contribution in [2.24, 2.45) is 5.92 Å². The number of hydrogen-bond donors (Lipinski definition) is 2. The fourth-order valence-corrected chi connectivity index (χ4v) is 1.03. The highest BCUT2D eigenvalue weighted by molar-refractivity contribution is 5.76. The fourth-order valence-electron chi connectivity index (χ4n) is 1.03. The largest absolute Gasteiger partial charge is 0.391 e. The van der Waals surface area contributed by atoms with Crippen LogP contribution in [0.2, 0.25) is 0 Å². The van der Waals surface area contributed by atoms with Crippen LogP contribution in [0.1, 0.15) is 32.6 Å². The van der Waals surface area contributed by atoms with E-state index in [9.17, 15) is 4.79 Å². The lowest BCUT2D eigenvalue weighted by molar-refractivity contribution is -0.121. The Morgan fingerprint density at radius 3 is 2.83 bits per heavy atom. The fraction of sp³-hybridized carbons (Fsp3) is 0.889. The summed E-state index contributed by atoms with van der Waals surface area (Å²) in [6, 6.07) is 0. The van der Waals surface area contributed by atoms with E-state index in [-0.39, 0.29) is 12.0 Å². The van der Waals surface area contributed by atoms with Gasteiger partial charge in [0.25, 0.3) is 0 Å². The van der Waals surface area contributed by atoms with Crippen LogP contribution < -0.4 is 5.32 Å². The molecular weight excluding hydrogens is 154 g/mol. The van der Waals surface area contributed by atoms with Crippen molar-refractivity contribution >= 4 is 5.91 Å². The number of aliphatic hydroxyl groups excluding tert-OH is 1. The van der Waals surface area contributed by atoms with Gasteiger partial charge in [0, 0.05) is 13.0 Å². The number of aliphatic hydroxyl groups is 1. The van der Waals surface area contributed by atoms with Crippen LogP contribution >= 0.6 is 0 Å². The molecule has 0 aromatic heterocycles. The maximum absolute atomic E-state index is 11.1. The molecule has 0 spiro atoms. The second-order valence-corrected chi connectivity index (χ2v) is 3.51. The summed E-state index contributed by atoms with van der Waals surface area (Å²) in [4.78, 5) is 11.1. The van der Waals surface area contributed by atoms with Crippen molar-refractivity contribution in [3.8, 4) is 0 Å². The van der Waals surface area contributed by atoms with E-state index in [0.29, 0.717) is 25.3 Å². The Labute approximate surface area is 73.2 Å². The molecule has 0 bridgehead atoms. The molecule has 0 aromatic rings. The number of nitrogens with one attached hydrogen (secondary N) is 1. The van der Waals surface area contributed by atoms with Crippen LogP contribution in [0.25, 0.3) is 0 Å². The normalized spacial score (nSPS) is 18.8. The zero-order valence-corrected chi connectivity index (χ0v) is 7.55. The quantitative estimate of drug-likeness (QED) is 0.639. The van der Waals surface area contributed by atoms with Crippen molar-refractivity contribution in [1.29, 1.82) is 0 Å². The lowest BCUT2D eigenvalue weighted by Crippen LogP contribution is -2.31. The first kappa shape index (κ1) is 9.52. The van der Waals surface area contributed by atoms with Gasteiger partial charge in [0.05, 0.1) is 6.10 Å². The van der Waals surface area contributed by atoms with Gasteiger partial charge in [-0.25, -0.2) is 0 Å². The average Bonchev–Trinajstić information content (AvgIpc) is 2.84. The van der Waals surface area contributed by atoms with Crippen LogP contribution in [0.3, 0.4) is 0 Å². The van der Waals surface area contributed by atoms with Gasteiger partial charge in [-0.1, -0.05) is 6.92 Å². The highest BCUT2D eigenvalue weighted by Gasteiger charge is 2.24. The monoisotopic (exact) mass is 171 g/mol. The highest BCUT2D eigenvalue weighted by atomic mass is 16.3. The molecule has 70 valence electrons. The van der Waals surface area contributed by atoms with Gasteiger partial charge in [0.15, 0.2) is 0 Å². The Kier molecular flexibility index (Phi) is 3.53. The third kappa shape index (κ3) is 3.72. The molecule has 1 aliphatic rings. The molecule has 1 rings (SSSR count). The van der Waals surface area contributed by atoms with Crippen molar-refractivity contribution in [1.82, 2.24) is 5.32 Å². The third-order valence-electron chi connectivity index (χ3n) is 2.18. The first-order chi connectivity index (χ1) is 5.72. The van der Waals surface area contributed by atoms with Gasteiger partial charge in [-0.05, 0) is 25.2 Å². The SMILES string of the molecule is CCC(O)CNC(=O)CC1CC1. The molecule has 1 saturated carbocycles. The molecule has 0 radical (unpaired) electrons. The molecule has 1 fully saturated rings. The van der Waals surface area contributed by atoms with Crippen molar-refractivity contribution in [3.63, 3.8) is 0 Å². The second kappa shape index (κ2) is 4.45. The third-order valence-corrected chi connectivity index (χ3v) is 2.18. The maximum Gasteiger partial charge on any atom is 0.220 e. The van der Waals surface area contributed by atoms with E-state index in [4.69, 9.17) is 5.11 Å². The molecule has 0 aliphatic heterocycles. The standard InChI is InChI=1S/C9H17NO2/c1-2-8(11)6-10-9(12)5-7-3-4-7/h7-8,11H,2-6H2,1H3,(H,10,12). The van der Waals surface area contributed by atoms with Crippen LogP contribution in [0.5, 0.6) is 0 Å². The Morgan fingerprint density at radius 1 is 1.67 bits per heavy atom. The lowest BCUT2D eigenvalue weighted by atomic mass is 10.2. The average molecular weight is 171 g/mol. The van der Waals surface area contributed by atoms with Crippen molar-refractivity contribution in [2.75, 3.05) is 6.54 Å². The van der Waals surface area contributed by atoms with Gasteiger partial charge in [-0.15, -0.1) is 0 Å². The summed E-state index contributed by atoms with van der Waals surface area (Å²) in [7, 11) is 0. The molecule has 2 N–H and O–H groups in total. The summed E-state index contributed by atoms with van der Waals surface area (Å²) in [5, 5.41) is 11.9. The van der Waals surface area contributed by atoms with E-state index in [1.807, 2.05) is 6.92 Å². The van der Waals surface area contributed by atoms with Crippen LogP contribution in [0.15, 0.2) is 0 Å². The van der Waals surface area contributed by atoms with E-state index < -0.39 is 0 Å². The van der Waals surface area contributed by atoms with Crippen LogP contribution in [0.4, 0.5) is 0 Å². The van der Waals surface area contributed by atoms with Crippen molar-refractivity contribution in [3.05, 3.63) is 0 Å². The van der Waals surface area contributed by atoms with Gasteiger partial charge in [0.2, 0.25) is 5.91 Å². The molecule has 1 aliphatic carbocycles. The minimum atomic E-state index is -0.381. The first-order valence-corrected chi connectivity index (χ1v) is 4.67. The Hall–Kier alpha value is -0.570. The number of rotatable bonds is 5. The van der Waals surface area contributed by atoms with E-state index in [1.165, 1.54) is 12.8 Å². The van der Waals surface area contributed by atoms with E-state index in [1.54, 1.807) is 0 Å². The van der Waals surface area contributed by atoms with Gasteiger partial charge in [0.1, 0.15) is 0 Å². The molecule has 1 amide bonds. The zero-order chi connectivity index (χ0) is 8.97. The Balaban J connectivity index is 2.00. The van der Waals surface area contributed by atoms with E-state index >= 15 is 0 Å². The molecule has 1 atom stereocenters. The summed E-state index contributed by atoms with van der Waals surface area (Å²) < 4.78 is 0. The molecule has 3 nitrogen and oxygen atoms in total. The minimum absolute atomic E-state index is 0.0880. The van der Waals surface area contributed by atoms with E-state index in [2.05, 4.69) is 5.32 Å². The van der Waals surface area contributed by atoms with Crippen LogP contribution in [-0.4, -0.2) is 23.7 Å². The maximum atomic E-state index is 11.1. The highest BCUT2D eigenvalue weighted by Crippen LogP contribution is 2.31. The smallest absolute Gasteiger partial charge is 0.220 e. The molecule has 0 heterocycles. The second-order valence-electron chi connectivity index (χ2n) is 3.51. The van der Waals surface area contributed by atoms with Gasteiger partial charge in [-0.3, -0.25) is 4.79 Å². The lowest BCUT2D eigenvalue weighted by Gasteiger charge is -2.08. The summed E-state index contributed by atoms with van der Waals surface area (Å²) in [5.41, 5.74) is 0. The summed E-state index contributed by atoms with van der Waals surface area (Å²) in [6.07, 6.45) is 3.36. The van der Waals surface area contributed by atoms with Gasteiger partial charge in [-0.2, -0.15) is 0 Å². The predicted molar refractivity (Wildman–Crippen MR) is 46.6 cm³/mol. The summed E-state index contributed by atoms with van der Waals surface area (Å²) in [5.74, 6) is 0.716. The van der Waals surface area contributed by atoms with Crippen molar-refractivity contribution < 1.29 is 9.90 Å².